The minimum absolute atomic E-state index is 0.184. The van der Waals surface area contributed by atoms with E-state index < -0.39 is 0 Å². The quantitative estimate of drug-likeness (QED) is 0.809. The van der Waals surface area contributed by atoms with Crippen LogP contribution in [0, 0.1) is 5.41 Å². The molecule has 1 amide bonds. The molecule has 0 spiro atoms. The Bertz CT molecular complexity index is 669. The van der Waals surface area contributed by atoms with Crippen LogP contribution in [0.3, 0.4) is 0 Å². The summed E-state index contributed by atoms with van der Waals surface area (Å²) in [5.74, 6) is 0.460. The molecule has 1 aliphatic rings. The van der Waals surface area contributed by atoms with E-state index in [1.807, 2.05) is 12.3 Å². The number of rotatable bonds is 4. The molecule has 0 bridgehead atoms. The highest BCUT2D eigenvalue weighted by molar-refractivity contribution is 5.85. The van der Waals surface area contributed by atoms with Crippen LogP contribution in [0.4, 0.5) is 0 Å². The van der Waals surface area contributed by atoms with Gasteiger partial charge in [0.1, 0.15) is 5.75 Å². The fourth-order valence-corrected chi connectivity index (χ4v) is 3.46. The van der Waals surface area contributed by atoms with E-state index in [9.17, 15) is 9.90 Å². The molecule has 1 heterocycles. The average Bonchev–Trinajstić information content (AvgIpc) is 2.90. The number of fused-ring (bicyclic) bond motifs is 1. The van der Waals surface area contributed by atoms with Gasteiger partial charge in [-0.1, -0.05) is 26.2 Å². The molecule has 0 unspecified atom stereocenters. The zero-order valence-corrected chi connectivity index (χ0v) is 13.1. The van der Waals surface area contributed by atoms with E-state index in [4.69, 9.17) is 0 Å². The van der Waals surface area contributed by atoms with Crippen LogP contribution in [0.15, 0.2) is 24.4 Å². The smallest absolute Gasteiger partial charge is 0.225 e. The molecule has 0 saturated heterocycles. The Kier molecular flexibility index (Phi) is 4.10. The number of hydrogen-bond donors (Lipinski definition) is 3. The van der Waals surface area contributed by atoms with Crippen molar-refractivity contribution in [3.05, 3.63) is 30.0 Å². The van der Waals surface area contributed by atoms with Crippen molar-refractivity contribution >= 4 is 16.8 Å². The van der Waals surface area contributed by atoms with Crippen molar-refractivity contribution in [2.24, 2.45) is 5.41 Å². The number of nitrogens with one attached hydrogen (secondary N) is 2. The Morgan fingerprint density at radius 3 is 2.86 bits per heavy atom. The van der Waals surface area contributed by atoms with Gasteiger partial charge in [0.05, 0.1) is 0 Å². The number of carbonyl (C=O) groups is 1. The minimum Gasteiger partial charge on any atom is -0.508 e. The maximum absolute atomic E-state index is 12.4. The maximum atomic E-state index is 12.4. The third kappa shape index (κ3) is 2.96. The summed E-state index contributed by atoms with van der Waals surface area (Å²) in [5, 5.41) is 13.7. The number of hydrogen-bond acceptors (Lipinski definition) is 2. The van der Waals surface area contributed by atoms with Gasteiger partial charge in [0.2, 0.25) is 5.91 Å². The maximum Gasteiger partial charge on any atom is 0.225 e. The molecule has 1 saturated carbocycles. The lowest BCUT2D eigenvalue weighted by Crippen LogP contribution is -2.41. The van der Waals surface area contributed by atoms with Crippen LogP contribution in [-0.4, -0.2) is 22.5 Å². The Morgan fingerprint density at radius 2 is 2.09 bits per heavy atom. The van der Waals surface area contributed by atoms with Crippen LogP contribution in [0.5, 0.6) is 5.75 Å². The first-order valence-corrected chi connectivity index (χ1v) is 8.16. The van der Waals surface area contributed by atoms with Crippen molar-refractivity contribution in [1.29, 1.82) is 0 Å². The molecule has 22 heavy (non-hydrogen) atoms. The van der Waals surface area contributed by atoms with Crippen LogP contribution in [0.1, 0.15) is 44.6 Å². The molecule has 4 nitrogen and oxygen atoms in total. The summed E-state index contributed by atoms with van der Waals surface area (Å²) in [4.78, 5) is 15.6. The van der Waals surface area contributed by atoms with E-state index in [-0.39, 0.29) is 17.1 Å². The monoisotopic (exact) mass is 300 g/mol. The number of phenolic OH excluding ortho intramolecular Hbond substituents is 1. The van der Waals surface area contributed by atoms with Gasteiger partial charge in [-0.05, 0) is 43.0 Å². The van der Waals surface area contributed by atoms with E-state index in [1.54, 1.807) is 12.1 Å². The lowest BCUT2D eigenvalue weighted by Gasteiger charge is -2.32. The SMILES string of the molecule is CC1(C(=O)NCCc2c[nH]c3ccc(O)cc23)CCCCC1. The number of H-pyrrole nitrogens is 1. The summed E-state index contributed by atoms with van der Waals surface area (Å²) in [6.07, 6.45) is 8.29. The third-order valence-corrected chi connectivity index (χ3v) is 4.94. The molecule has 1 aromatic carbocycles. The summed E-state index contributed by atoms with van der Waals surface area (Å²) in [5.41, 5.74) is 1.95. The highest BCUT2D eigenvalue weighted by Crippen LogP contribution is 2.35. The third-order valence-electron chi connectivity index (χ3n) is 4.94. The zero-order chi connectivity index (χ0) is 15.6. The van der Waals surface area contributed by atoms with Crippen LogP contribution < -0.4 is 5.32 Å². The normalized spacial score (nSPS) is 17.5. The first-order chi connectivity index (χ1) is 10.6. The molecular weight excluding hydrogens is 276 g/mol. The van der Waals surface area contributed by atoms with Crippen molar-refractivity contribution in [2.45, 2.75) is 45.4 Å². The Labute approximate surface area is 130 Å². The number of amides is 1. The fraction of sp³-hybridized carbons (Fsp3) is 0.500. The lowest BCUT2D eigenvalue weighted by molar-refractivity contribution is -0.131. The van der Waals surface area contributed by atoms with Gasteiger partial charge in [-0.15, -0.1) is 0 Å². The van der Waals surface area contributed by atoms with Crippen molar-refractivity contribution in [2.75, 3.05) is 6.54 Å². The summed E-state index contributed by atoms with van der Waals surface area (Å²) < 4.78 is 0. The fourth-order valence-electron chi connectivity index (χ4n) is 3.46. The molecule has 1 aromatic heterocycles. The molecule has 3 N–H and O–H groups in total. The van der Waals surface area contributed by atoms with Crippen molar-refractivity contribution < 1.29 is 9.90 Å². The van der Waals surface area contributed by atoms with Gasteiger partial charge in [0.25, 0.3) is 0 Å². The van der Waals surface area contributed by atoms with Crippen LogP contribution in [0.2, 0.25) is 0 Å². The highest BCUT2D eigenvalue weighted by Gasteiger charge is 2.34. The van der Waals surface area contributed by atoms with Gasteiger partial charge in [0, 0.05) is 29.1 Å². The largest absolute Gasteiger partial charge is 0.508 e. The first-order valence-electron chi connectivity index (χ1n) is 8.16. The molecule has 118 valence electrons. The molecule has 1 fully saturated rings. The van der Waals surface area contributed by atoms with Gasteiger partial charge < -0.3 is 15.4 Å². The second-order valence-electron chi connectivity index (χ2n) is 6.67. The van der Waals surface area contributed by atoms with Gasteiger partial charge in [-0.25, -0.2) is 0 Å². The molecule has 2 aromatic rings. The van der Waals surface area contributed by atoms with Gasteiger partial charge in [0.15, 0.2) is 0 Å². The number of carbonyl (C=O) groups excluding carboxylic acids is 1. The zero-order valence-electron chi connectivity index (χ0n) is 13.1. The standard InChI is InChI=1S/C18H24N2O2/c1-18(8-3-2-4-9-18)17(22)19-10-7-13-12-20-16-6-5-14(21)11-15(13)16/h5-6,11-12,20-21H,2-4,7-10H2,1H3,(H,19,22). The van der Waals surface area contributed by atoms with E-state index in [2.05, 4.69) is 17.2 Å². The number of aromatic nitrogens is 1. The molecular formula is C18H24N2O2. The topological polar surface area (TPSA) is 65.1 Å². The lowest BCUT2D eigenvalue weighted by atomic mass is 9.75. The summed E-state index contributed by atoms with van der Waals surface area (Å²) in [7, 11) is 0. The number of benzene rings is 1. The summed E-state index contributed by atoms with van der Waals surface area (Å²) >= 11 is 0. The van der Waals surface area contributed by atoms with Crippen LogP contribution in [0.25, 0.3) is 10.9 Å². The molecule has 0 radical (unpaired) electrons. The van der Waals surface area contributed by atoms with Gasteiger partial charge >= 0.3 is 0 Å². The summed E-state index contributed by atoms with van der Waals surface area (Å²) in [6.45, 7) is 2.72. The molecule has 0 atom stereocenters. The molecule has 4 heteroatoms. The Hall–Kier alpha value is -1.97. The van der Waals surface area contributed by atoms with E-state index in [1.165, 1.54) is 6.42 Å². The summed E-state index contributed by atoms with van der Waals surface area (Å²) in [6, 6.07) is 5.32. The molecule has 3 rings (SSSR count). The Balaban J connectivity index is 1.60. The second-order valence-corrected chi connectivity index (χ2v) is 6.67. The molecule has 1 aliphatic carbocycles. The predicted octanol–water partition coefficient (Wildman–Crippen LogP) is 3.50. The van der Waals surface area contributed by atoms with Crippen molar-refractivity contribution in [3.8, 4) is 5.75 Å². The van der Waals surface area contributed by atoms with Crippen molar-refractivity contribution in [1.82, 2.24) is 10.3 Å². The number of aromatic hydroxyl groups is 1. The minimum atomic E-state index is -0.184. The van der Waals surface area contributed by atoms with E-state index in [0.29, 0.717) is 6.54 Å². The Morgan fingerprint density at radius 1 is 1.32 bits per heavy atom. The predicted molar refractivity (Wildman–Crippen MR) is 87.9 cm³/mol. The second kappa shape index (κ2) is 6.03. The molecule has 0 aliphatic heterocycles. The van der Waals surface area contributed by atoms with Gasteiger partial charge in [-0.3, -0.25) is 4.79 Å². The van der Waals surface area contributed by atoms with Crippen LogP contribution in [-0.2, 0) is 11.2 Å². The van der Waals surface area contributed by atoms with Crippen LogP contribution >= 0.6 is 0 Å². The van der Waals surface area contributed by atoms with Gasteiger partial charge in [-0.2, -0.15) is 0 Å². The first kappa shape index (κ1) is 14.9. The highest BCUT2D eigenvalue weighted by atomic mass is 16.3. The number of phenols is 1. The van der Waals surface area contributed by atoms with E-state index in [0.717, 1.165) is 48.6 Å². The van der Waals surface area contributed by atoms with Crippen molar-refractivity contribution in [3.63, 3.8) is 0 Å². The van der Waals surface area contributed by atoms with E-state index >= 15 is 0 Å². The number of aromatic amines is 1. The average molecular weight is 300 g/mol.